The van der Waals surface area contributed by atoms with E-state index in [9.17, 15) is 9.59 Å². The molecule has 228 valence electrons. The van der Waals surface area contributed by atoms with Crippen molar-refractivity contribution in [3.05, 3.63) is 106 Å². The first-order valence-electron chi connectivity index (χ1n) is 14.3. The van der Waals surface area contributed by atoms with E-state index in [0.717, 1.165) is 22.6 Å². The molecule has 2 N–H and O–H groups in total. The van der Waals surface area contributed by atoms with Crippen LogP contribution in [-0.2, 0) is 9.59 Å². The third-order valence-corrected chi connectivity index (χ3v) is 6.94. The Kier molecular flexibility index (Phi) is 12.2. The molecule has 0 aliphatic rings. The van der Waals surface area contributed by atoms with Gasteiger partial charge in [-0.25, -0.2) is 0 Å². The van der Waals surface area contributed by atoms with E-state index in [0.29, 0.717) is 58.9 Å². The van der Waals surface area contributed by atoms with E-state index in [4.69, 9.17) is 32.7 Å². The molecular formula is C34H34Cl2N4O4. The fraction of sp³-hybridized carbons (Fsp3) is 0.235. The predicted octanol–water partition coefficient (Wildman–Crippen LogP) is 9.62. The van der Waals surface area contributed by atoms with Crippen LogP contribution < -0.4 is 20.1 Å². The maximum atomic E-state index is 12.9. The zero-order valence-electron chi connectivity index (χ0n) is 24.6. The van der Waals surface area contributed by atoms with Crippen LogP contribution >= 0.6 is 23.2 Å². The van der Waals surface area contributed by atoms with Gasteiger partial charge in [0.1, 0.15) is 17.2 Å². The number of halogens is 2. The van der Waals surface area contributed by atoms with Crippen molar-refractivity contribution in [3.63, 3.8) is 0 Å². The number of anilines is 2. The number of rotatable bonds is 14. The van der Waals surface area contributed by atoms with E-state index >= 15 is 0 Å². The maximum Gasteiger partial charge on any atom is 0.224 e. The fourth-order valence-corrected chi connectivity index (χ4v) is 4.68. The average molecular weight is 634 g/mol. The van der Waals surface area contributed by atoms with Gasteiger partial charge in [-0.1, -0.05) is 41.4 Å². The largest absolute Gasteiger partial charge is 0.493 e. The van der Waals surface area contributed by atoms with Crippen molar-refractivity contribution >= 4 is 57.8 Å². The summed E-state index contributed by atoms with van der Waals surface area (Å²) < 4.78 is 11.6. The summed E-state index contributed by atoms with van der Waals surface area (Å²) in [5.74, 6) is 1.08. The number of aryl methyl sites for hydroxylation is 2. The molecule has 0 heterocycles. The molecule has 0 fully saturated rings. The topological polar surface area (TPSA) is 101 Å². The molecule has 0 radical (unpaired) electrons. The lowest BCUT2D eigenvalue weighted by Crippen LogP contribution is -2.15. The van der Waals surface area contributed by atoms with Crippen LogP contribution in [0.4, 0.5) is 22.7 Å². The van der Waals surface area contributed by atoms with Crippen molar-refractivity contribution < 1.29 is 19.1 Å². The molecule has 4 aromatic rings. The Morgan fingerprint density at radius 2 is 1.25 bits per heavy atom. The van der Waals surface area contributed by atoms with Crippen molar-refractivity contribution in [2.75, 3.05) is 23.8 Å². The molecule has 0 spiro atoms. The second kappa shape index (κ2) is 16.4. The highest BCUT2D eigenvalue weighted by Gasteiger charge is 2.11. The van der Waals surface area contributed by atoms with Crippen LogP contribution in [0.3, 0.4) is 0 Å². The van der Waals surface area contributed by atoms with Crippen molar-refractivity contribution in [3.8, 4) is 11.5 Å². The first-order valence-corrected chi connectivity index (χ1v) is 15.0. The molecular weight excluding hydrogens is 599 g/mol. The molecule has 2 amide bonds. The second-order valence-electron chi connectivity index (χ2n) is 10.1. The van der Waals surface area contributed by atoms with E-state index in [1.807, 2.05) is 68.4 Å². The lowest BCUT2D eigenvalue weighted by molar-refractivity contribution is -0.117. The van der Waals surface area contributed by atoms with Gasteiger partial charge < -0.3 is 20.1 Å². The van der Waals surface area contributed by atoms with Gasteiger partial charge in [-0.05, 0) is 105 Å². The van der Waals surface area contributed by atoms with Crippen LogP contribution in [-0.4, -0.2) is 25.0 Å². The minimum Gasteiger partial charge on any atom is -0.493 e. The summed E-state index contributed by atoms with van der Waals surface area (Å²) in [4.78, 5) is 25.5. The Labute approximate surface area is 267 Å². The summed E-state index contributed by atoms with van der Waals surface area (Å²) in [6, 6.07) is 25.2. The normalized spacial score (nSPS) is 10.9. The molecule has 4 rings (SSSR count). The number of amides is 2. The van der Waals surface area contributed by atoms with Gasteiger partial charge in [0, 0.05) is 28.6 Å². The van der Waals surface area contributed by atoms with Crippen LogP contribution in [0.1, 0.15) is 36.8 Å². The monoisotopic (exact) mass is 632 g/mol. The Hall–Kier alpha value is -4.40. The lowest BCUT2D eigenvalue weighted by Gasteiger charge is -2.12. The maximum absolute atomic E-state index is 12.9. The minimum atomic E-state index is -0.212. The highest BCUT2D eigenvalue weighted by atomic mass is 35.5. The summed E-state index contributed by atoms with van der Waals surface area (Å²) >= 11 is 12.0. The van der Waals surface area contributed by atoms with Crippen molar-refractivity contribution in [1.29, 1.82) is 0 Å². The number of nitrogens with zero attached hydrogens (tertiary/aromatic N) is 2. The van der Waals surface area contributed by atoms with Gasteiger partial charge in [-0.15, -0.1) is 5.11 Å². The van der Waals surface area contributed by atoms with Gasteiger partial charge in [-0.2, -0.15) is 5.11 Å². The highest BCUT2D eigenvalue weighted by molar-refractivity contribution is 6.31. The smallest absolute Gasteiger partial charge is 0.224 e. The fourth-order valence-electron chi connectivity index (χ4n) is 4.22. The van der Waals surface area contributed by atoms with Crippen LogP contribution in [0.5, 0.6) is 11.5 Å². The summed E-state index contributed by atoms with van der Waals surface area (Å²) in [6.45, 7) is 4.59. The molecule has 0 saturated carbocycles. The number of ether oxygens (including phenoxy) is 2. The molecule has 4 aromatic carbocycles. The molecule has 0 atom stereocenters. The zero-order chi connectivity index (χ0) is 31.3. The minimum absolute atomic E-state index is 0.174. The number of benzene rings is 4. The van der Waals surface area contributed by atoms with Crippen LogP contribution in [0.15, 0.2) is 95.2 Å². The highest BCUT2D eigenvalue weighted by Crippen LogP contribution is 2.31. The van der Waals surface area contributed by atoms with E-state index in [1.54, 1.807) is 30.3 Å². The molecule has 0 bridgehead atoms. The number of carbonyl (C=O) groups is 2. The van der Waals surface area contributed by atoms with Gasteiger partial charge in [0.2, 0.25) is 11.8 Å². The van der Waals surface area contributed by atoms with Crippen LogP contribution in [0.25, 0.3) is 0 Å². The third kappa shape index (κ3) is 10.4. The average Bonchev–Trinajstić information content (AvgIpc) is 2.99. The van der Waals surface area contributed by atoms with Crippen molar-refractivity contribution in [1.82, 2.24) is 0 Å². The number of azo groups is 1. The molecule has 0 aliphatic carbocycles. The van der Waals surface area contributed by atoms with E-state index in [-0.39, 0.29) is 24.7 Å². The van der Waals surface area contributed by atoms with E-state index in [2.05, 4.69) is 20.9 Å². The molecule has 0 saturated heterocycles. The molecule has 44 heavy (non-hydrogen) atoms. The summed E-state index contributed by atoms with van der Waals surface area (Å²) in [7, 11) is 0. The van der Waals surface area contributed by atoms with Gasteiger partial charge in [-0.3, -0.25) is 9.59 Å². The first kappa shape index (κ1) is 32.5. The van der Waals surface area contributed by atoms with Crippen molar-refractivity contribution in [2.24, 2.45) is 10.2 Å². The molecule has 0 unspecified atom stereocenters. The third-order valence-electron chi connectivity index (χ3n) is 6.47. The van der Waals surface area contributed by atoms with Gasteiger partial charge in [0.05, 0.1) is 24.6 Å². The molecule has 8 nitrogen and oxygen atoms in total. The predicted molar refractivity (Wildman–Crippen MR) is 176 cm³/mol. The van der Waals surface area contributed by atoms with Gasteiger partial charge in [0.15, 0.2) is 0 Å². The number of nitrogens with one attached hydrogen (secondary N) is 2. The quantitative estimate of drug-likeness (QED) is 0.107. The Bertz CT molecular complexity index is 1610. The zero-order valence-corrected chi connectivity index (χ0v) is 26.1. The Balaban J connectivity index is 1.34. The number of hydrogen-bond acceptors (Lipinski definition) is 6. The van der Waals surface area contributed by atoms with Crippen LogP contribution in [0, 0.1) is 13.8 Å². The summed E-state index contributed by atoms with van der Waals surface area (Å²) in [6.07, 6.45) is 1.52. The lowest BCUT2D eigenvalue weighted by atomic mass is 10.2. The van der Waals surface area contributed by atoms with Gasteiger partial charge in [0.25, 0.3) is 0 Å². The second-order valence-corrected chi connectivity index (χ2v) is 11.0. The van der Waals surface area contributed by atoms with Gasteiger partial charge >= 0.3 is 0 Å². The molecule has 10 heteroatoms. The summed E-state index contributed by atoms with van der Waals surface area (Å²) in [5.41, 5.74) is 3.96. The van der Waals surface area contributed by atoms with E-state index < -0.39 is 0 Å². The SMILES string of the molecule is Cc1cc(Cl)ccc1OCCCC(=O)Nc1ccc(N=Nc2ccccc2)c(NC(=O)CCCOc2ccc(Cl)cc2C)c1. The van der Waals surface area contributed by atoms with Crippen molar-refractivity contribution in [2.45, 2.75) is 39.5 Å². The standard InChI is InChI=1S/C34H34Cl2N4O4/c1-23-20-25(35)12-16-31(23)43-18-6-10-33(41)37-28-14-15-29(40-39-27-8-4-3-5-9-27)30(22-28)38-34(42)11-7-19-44-32-17-13-26(36)21-24(32)2/h3-5,8-9,12-17,20-22H,6-7,10-11,18-19H2,1-2H3,(H,37,41)(H,38,42). The molecule has 0 aromatic heterocycles. The van der Waals surface area contributed by atoms with E-state index in [1.165, 1.54) is 0 Å². The Morgan fingerprint density at radius 1 is 0.682 bits per heavy atom. The summed E-state index contributed by atoms with van der Waals surface area (Å²) in [5, 5.41) is 15.7. The first-order chi connectivity index (χ1) is 21.3. The molecule has 0 aliphatic heterocycles. The Morgan fingerprint density at radius 3 is 1.82 bits per heavy atom. The van der Waals surface area contributed by atoms with Crippen LogP contribution in [0.2, 0.25) is 10.0 Å². The number of hydrogen-bond donors (Lipinski definition) is 2. The number of carbonyl (C=O) groups excluding carboxylic acids is 2.